The Morgan fingerprint density at radius 1 is 0.688 bits per heavy atom. The summed E-state index contributed by atoms with van der Waals surface area (Å²) >= 11 is 16.4. The highest BCUT2D eigenvalue weighted by Crippen LogP contribution is 2.38. The quantitative estimate of drug-likeness (QED) is 0.619. The summed E-state index contributed by atoms with van der Waals surface area (Å²) in [5.41, 5.74) is 0. The normalized spacial score (nSPS) is 10.8. The van der Waals surface area contributed by atoms with E-state index in [-0.39, 0.29) is 0 Å². The van der Waals surface area contributed by atoms with Gasteiger partial charge in [0, 0.05) is 17.2 Å². The number of rotatable bonds is 2. The molecule has 0 aliphatic carbocycles. The molecule has 0 aliphatic heterocycles. The predicted molar refractivity (Wildman–Crippen MR) is 78.1 cm³/mol. The van der Waals surface area contributed by atoms with E-state index in [2.05, 4.69) is 12.2 Å². The van der Waals surface area contributed by atoms with Crippen molar-refractivity contribution >= 4 is 53.2 Å². The summed E-state index contributed by atoms with van der Waals surface area (Å²) in [6.07, 6.45) is 0. The van der Waals surface area contributed by atoms with Crippen LogP contribution in [0.5, 0.6) is 0 Å². The number of halogens is 2. The van der Waals surface area contributed by atoms with Crippen LogP contribution in [-0.4, -0.2) is 0 Å². The summed E-state index contributed by atoms with van der Waals surface area (Å²) in [6, 6.07) is 15.6. The van der Waals surface area contributed by atoms with Crippen LogP contribution < -0.4 is 10.6 Å². The first-order valence-corrected chi connectivity index (χ1v) is 7.92. The molecule has 0 aromatic heterocycles. The Labute approximate surface area is 111 Å². The van der Waals surface area contributed by atoms with Gasteiger partial charge in [-0.2, -0.15) is 0 Å². The first kappa shape index (κ1) is 12.3. The van der Waals surface area contributed by atoms with Crippen molar-refractivity contribution in [1.29, 1.82) is 0 Å². The summed E-state index contributed by atoms with van der Waals surface area (Å²) in [5, 5.41) is 3.86. The third-order valence-corrected chi connectivity index (χ3v) is 5.61. The molecule has 82 valence electrons. The van der Waals surface area contributed by atoms with Crippen molar-refractivity contribution in [1.82, 2.24) is 0 Å². The summed E-state index contributed by atoms with van der Waals surface area (Å²) < 4.78 is 0. The van der Waals surface area contributed by atoms with Gasteiger partial charge >= 0.3 is 0 Å². The van der Waals surface area contributed by atoms with Crippen molar-refractivity contribution in [3.05, 3.63) is 58.6 Å². The number of hydrogen-bond donors (Lipinski definition) is 1. The molecule has 0 bridgehead atoms. The second-order valence-corrected chi connectivity index (χ2v) is 6.99. The molecule has 0 amide bonds. The van der Waals surface area contributed by atoms with E-state index < -0.39 is 7.12 Å². The van der Waals surface area contributed by atoms with Gasteiger partial charge < -0.3 is 0 Å². The van der Waals surface area contributed by atoms with Crippen LogP contribution >= 0.6 is 42.6 Å². The predicted octanol–water partition coefficient (Wildman–Crippen LogP) is 4.27. The minimum absolute atomic E-state index is 0.618. The first-order valence-electron chi connectivity index (χ1n) is 4.67. The Kier molecular flexibility index (Phi) is 4.16. The van der Waals surface area contributed by atoms with Crippen LogP contribution in [-0.2, 0) is 0 Å². The highest BCUT2D eigenvalue weighted by Gasteiger charge is 2.08. The maximum Gasteiger partial charge on any atom is 0.0406 e. The molecule has 0 fully saturated rings. The van der Waals surface area contributed by atoms with Crippen LogP contribution in [0.1, 0.15) is 0 Å². The van der Waals surface area contributed by atoms with E-state index in [9.17, 15) is 0 Å². The zero-order valence-electron chi connectivity index (χ0n) is 8.27. The number of benzene rings is 2. The lowest BCUT2D eigenvalue weighted by Crippen LogP contribution is -2.07. The molecule has 0 unspecified atom stereocenters. The van der Waals surface area contributed by atoms with Gasteiger partial charge in [-0.1, -0.05) is 47.5 Å². The van der Waals surface area contributed by atoms with E-state index in [1.165, 1.54) is 10.6 Å². The van der Waals surface area contributed by atoms with E-state index in [1.54, 1.807) is 0 Å². The van der Waals surface area contributed by atoms with Crippen LogP contribution in [0.2, 0.25) is 10.0 Å². The zero-order chi connectivity index (χ0) is 11.5. The molecule has 0 saturated heterocycles. The fraction of sp³-hybridized carbons (Fsp3) is 0. The Morgan fingerprint density at radius 2 is 1.00 bits per heavy atom. The maximum absolute atomic E-state index is 5.85. The van der Waals surface area contributed by atoms with Gasteiger partial charge in [-0.05, 0) is 34.9 Å². The molecular weight excluding hydrogens is 278 g/mol. The highest BCUT2D eigenvalue weighted by molar-refractivity contribution is 8.50. The smallest absolute Gasteiger partial charge is 0.0406 e. The van der Waals surface area contributed by atoms with Crippen molar-refractivity contribution < 1.29 is 0 Å². The minimum atomic E-state index is -0.618. The molecule has 16 heavy (non-hydrogen) atoms. The van der Waals surface area contributed by atoms with E-state index in [0.29, 0.717) is 0 Å². The van der Waals surface area contributed by atoms with Gasteiger partial charge in [-0.15, -0.1) is 12.2 Å². The number of thiol groups is 1. The van der Waals surface area contributed by atoms with E-state index in [1.807, 2.05) is 48.5 Å². The van der Waals surface area contributed by atoms with Crippen LogP contribution in [0.3, 0.4) is 0 Å². The first-order chi connectivity index (χ1) is 7.66. The Bertz CT molecular complexity index is 422. The molecule has 0 spiro atoms. The Balaban J connectivity index is 2.28. The second kappa shape index (κ2) is 5.42. The van der Waals surface area contributed by atoms with Gasteiger partial charge in [-0.25, -0.2) is 0 Å². The molecule has 4 heteroatoms. The van der Waals surface area contributed by atoms with Gasteiger partial charge in [0.05, 0.1) is 0 Å². The summed E-state index contributed by atoms with van der Waals surface area (Å²) in [6.45, 7) is 0. The number of hydrogen-bond acceptors (Lipinski definition) is 1. The lowest BCUT2D eigenvalue weighted by Gasteiger charge is -2.11. The Morgan fingerprint density at radius 3 is 1.31 bits per heavy atom. The molecule has 0 saturated carbocycles. The molecule has 0 radical (unpaired) electrons. The van der Waals surface area contributed by atoms with Crippen LogP contribution in [0.15, 0.2) is 48.5 Å². The fourth-order valence-electron chi connectivity index (χ4n) is 1.31. The fourth-order valence-corrected chi connectivity index (χ4v) is 3.53. The van der Waals surface area contributed by atoms with Crippen molar-refractivity contribution in [3.63, 3.8) is 0 Å². The third-order valence-electron chi connectivity index (χ3n) is 2.14. The van der Waals surface area contributed by atoms with Gasteiger partial charge in [0.15, 0.2) is 0 Å². The lowest BCUT2D eigenvalue weighted by atomic mass is 10.4. The van der Waals surface area contributed by atoms with Crippen molar-refractivity contribution in [3.8, 4) is 0 Å². The molecule has 2 aromatic rings. The molecule has 0 atom stereocenters. The van der Waals surface area contributed by atoms with E-state index >= 15 is 0 Å². The van der Waals surface area contributed by atoms with E-state index in [4.69, 9.17) is 23.2 Å². The summed E-state index contributed by atoms with van der Waals surface area (Å²) in [7, 11) is -0.618. The van der Waals surface area contributed by atoms with Gasteiger partial charge in [0.25, 0.3) is 0 Å². The summed E-state index contributed by atoms with van der Waals surface area (Å²) in [5.74, 6) is 0. The van der Waals surface area contributed by atoms with Gasteiger partial charge in [-0.3, -0.25) is 0 Å². The van der Waals surface area contributed by atoms with Crippen LogP contribution in [0.25, 0.3) is 0 Å². The average Bonchev–Trinajstić information content (AvgIpc) is 2.30. The Hall–Kier alpha value is -0.200. The van der Waals surface area contributed by atoms with Crippen molar-refractivity contribution in [2.24, 2.45) is 0 Å². The third kappa shape index (κ3) is 2.93. The summed E-state index contributed by atoms with van der Waals surface area (Å²) in [4.78, 5) is 0. The topological polar surface area (TPSA) is 0 Å². The minimum Gasteiger partial charge on any atom is -0.142 e. The maximum atomic E-state index is 5.85. The standard InChI is InChI=1S/C12H9Cl2PS/c13-9-1-5-11(6-2-9)15(16)12-7-3-10(14)4-8-12/h1-8,16H. The molecule has 2 rings (SSSR count). The monoisotopic (exact) mass is 286 g/mol. The molecule has 2 aromatic carbocycles. The average molecular weight is 287 g/mol. The molecule has 0 heterocycles. The lowest BCUT2D eigenvalue weighted by molar-refractivity contribution is 1.75. The highest BCUT2D eigenvalue weighted by atomic mass is 35.5. The molecule has 0 nitrogen and oxygen atoms in total. The molecule has 0 N–H and O–H groups in total. The largest absolute Gasteiger partial charge is 0.142 e. The molecular formula is C12H9Cl2PS. The molecule has 0 aliphatic rings. The zero-order valence-corrected chi connectivity index (χ0v) is 11.6. The second-order valence-electron chi connectivity index (χ2n) is 3.26. The van der Waals surface area contributed by atoms with Gasteiger partial charge in [0.2, 0.25) is 0 Å². The van der Waals surface area contributed by atoms with Crippen LogP contribution in [0.4, 0.5) is 0 Å². The van der Waals surface area contributed by atoms with Crippen molar-refractivity contribution in [2.45, 2.75) is 0 Å². The van der Waals surface area contributed by atoms with E-state index in [0.717, 1.165) is 10.0 Å². The SMILES string of the molecule is SP(c1ccc(Cl)cc1)c1ccc(Cl)cc1. The van der Waals surface area contributed by atoms with Crippen molar-refractivity contribution in [2.75, 3.05) is 0 Å². The van der Waals surface area contributed by atoms with Gasteiger partial charge in [0.1, 0.15) is 0 Å². The van der Waals surface area contributed by atoms with Crippen LogP contribution in [0, 0.1) is 0 Å².